The van der Waals surface area contributed by atoms with Crippen LogP contribution in [0.5, 0.6) is 0 Å². The molecule has 0 aromatic heterocycles. The van der Waals surface area contributed by atoms with E-state index in [1.807, 2.05) is 4.90 Å². The molecular weight excluding hydrogens is 190 g/mol. The molecule has 15 heavy (non-hydrogen) atoms. The molecule has 0 aliphatic carbocycles. The zero-order chi connectivity index (χ0) is 11.3. The number of rotatable bonds is 5. The van der Waals surface area contributed by atoms with Crippen LogP contribution >= 0.6 is 0 Å². The monoisotopic (exact) mass is 213 g/mol. The first-order valence-corrected chi connectivity index (χ1v) is 5.88. The van der Waals surface area contributed by atoms with Gasteiger partial charge >= 0.3 is 6.03 Å². The lowest BCUT2D eigenvalue weighted by atomic mass is 10.2. The van der Waals surface area contributed by atoms with Gasteiger partial charge in [0.1, 0.15) is 0 Å². The second-order valence-corrected chi connectivity index (χ2v) is 4.31. The summed E-state index contributed by atoms with van der Waals surface area (Å²) in [6.45, 7) is 7.94. The molecule has 1 rings (SSSR count). The smallest absolute Gasteiger partial charge is 0.317 e. The molecule has 0 saturated carbocycles. The van der Waals surface area contributed by atoms with Crippen molar-refractivity contribution in [2.75, 3.05) is 33.2 Å². The van der Waals surface area contributed by atoms with Gasteiger partial charge in [0.15, 0.2) is 0 Å². The number of carbonyl (C=O) groups is 1. The van der Waals surface area contributed by atoms with Crippen LogP contribution in [0.15, 0.2) is 0 Å². The van der Waals surface area contributed by atoms with Crippen LogP contribution in [0.4, 0.5) is 4.79 Å². The summed E-state index contributed by atoms with van der Waals surface area (Å²) in [7, 11) is 2.12. The van der Waals surface area contributed by atoms with Crippen LogP contribution in [0.1, 0.15) is 26.7 Å². The lowest BCUT2D eigenvalue weighted by Gasteiger charge is -2.31. The highest BCUT2D eigenvalue weighted by atomic mass is 16.2. The third kappa shape index (κ3) is 3.70. The van der Waals surface area contributed by atoms with Crippen molar-refractivity contribution in [3.8, 4) is 0 Å². The summed E-state index contributed by atoms with van der Waals surface area (Å²) in [5.41, 5.74) is 0. The van der Waals surface area contributed by atoms with Gasteiger partial charge in [0.25, 0.3) is 0 Å². The van der Waals surface area contributed by atoms with E-state index in [1.54, 1.807) is 0 Å². The van der Waals surface area contributed by atoms with E-state index in [-0.39, 0.29) is 6.03 Å². The minimum atomic E-state index is 0.0961. The quantitative estimate of drug-likeness (QED) is 0.743. The maximum atomic E-state index is 11.4. The van der Waals surface area contributed by atoms with E-state index in [4.69, 9.17) is 0 Å². The lowest BCUT2D eigenvalue weighted by Crippen LogP contribution is -2.49. The predicted octanol–water partition coefficient (Wildman–Crippen LogP) is 1.13. The van der Waals surface area contributed by atoms with Gasteiger partial charge < -0.3 is 15.1 Å². The summed E-state index contributed by atoms with van der Waals surface area (Å²) in [5.74, 6) is 0. The Morgan fingerprint density at radius 1 is 1.60 bits per heavy atom. The van der Waals surface area contributed by atoms with Crippen LogP contribution in [-0.2, 0) is 0 Å². The van der Waals surface area contributed by atoms with Crippen molar-refractivity contribution >= 4 is 6.03 Å². The Balaban J connectivity index is 2.26. The molecule has 1 atom stereocenters. The molecule has 0 spiro atoms. The van der Waals surface area contributed by atoms with Crippen molar-refractivity contribution in [1.82, 2.24) is 15.1 Å². The Kier molecular flexibility index (Phi) is 4.88. The molecule has 1 aliphatic heterocycles. The minimum Gasteiger partial charge on any atom is -0.338 e. The fourth-order valence-corrected chi connectivity index (χ4v) is 1.70. The molecule has 1 N–H and O–H groups in total. The molecule has 0 aromatic rings. The molecule has 1 saturated heterocycles. The van der Waals surface area contributed by atoms with E-state index in [0.717, 1.165) is 39.0 Å². The first-order chi connectivity index (χ1) is 7.15. The number of carbonyl (C=O) groups excluding carboxylic acids is 1. The molecule has 1 heterocycles. The number of nitrogens with zero attached hydrogens (tertiary/aromatic N) is 2. The largest absolute Gasteiger partial charge is 0.338 e. The standard InChI is InChI=1S/C11H23N3O/c1-4-10(2)13(3)8-9-14-7-5-6-12-11(14)15/h10H,4-9H2,1-3H3,(H,12,15). The van der Waals surface area contributed by atoms with Crippen molar-refractivity contribution in [3.63, 3.8) is 0 Å². The van der Waals surface area contributed by atoms with Gasteiger partial charge in [0, 0.05) is 32.2 Å². The molecule has 1 aliphatic rings. The van der Waals surface area contributed by atoms with Gasteiger partial charge in [-0.05, 0) is 26.8 Å². The fraction of sp³-hybridized carbons (Fsp3) is 0.909. The average Bonchev–Trinajstić information content (AvgIpc) is 2.26. The Bertz CT molecular complexity index is 208. The number of hydrogen-bond donors (Lipinski definition) is 1. The predicted molar refractivity (Wildman–Crippen MR) is 62.0 cm³/mol. The highest BCUT2D eigenvalue weighted by Crippen LogP contribution is 2.02. The van der Waals surface area contributed by atoms with Crippen molar-refractivity contribution in [2.45, 2.75) is 32.7 Å². The van der Waals surface area contributed by atoms with E-state index in [0.29, 0.717) is 6.04 Å². The van der Waals surface area contributed by atoms with E-state index in [2.05, 4.69) is 31.1 Å². The number of amides is 2. The van der Waals surface area contributed by atoms with Crippen LogP contribution in [-0.4, -0.2) is 55.1 Å². The van der Waals surface area contributed by atoms with Gasteiger partial charge in [0.05, 0.1) is 0 Å². The first-order valence-electron chi connectivity index (χ1n) is 5.88. The normalized spacial score (nSPS) is 19.2. The summed E-state index contributed by atoms with van der Waals surface area (Å²) in [6.07, 6.45) is 2.22. The molecule has 2 amide bonds. The SMILES string of the molecule is CCC(C)N(C)CCN1CCCNC1=O. The third-order valence-corrected chi connectivity index (χ3v) is 3.23. The van der Waals surface area contributed by atoms with Gasteiger partial charge in [0.2, 0.25) is 0 Å². The van der Waals surface area contributed by atoms with Crippen LogP contribution in [0, 0.1) is 0 Å². The fourth-order valence-electron chi connectivity index (χ4n) is 1.70. The number of urea groups is 1. The Morgan fingerprint density at radius 3 is 2.93 bits per heavy atom. The Hall–Kier alpha value is -0.770. The molecule has 0 bridgehead atoms. The van der Waals surface area contributed by atoms with E-state index in [9.17, 15) is 4.79 Å². The number of likely N-dealkylation sites (N-methyl/N-ethyl adjacent to an activating group) is 1. The van der Waals surface area contributed by atoms with Crippen LogP contribution < -0.4 is 5.32 Å². The lowest BCUT2D eigenvalue weighted by molar-refractivity contribution is 0.167. The first kappa shape index (κ1) is 12.3. The van der Waals surface area contributed by atoms with Gasteiger partial charge in [-0.2, -0.15) is 0 Å². The average molecular weight is 213 g/mol. The van der Waals surface area contributed by atoms with E-state index < -0.39 is 0 Å². The zero-order valence-electron chi connectivity index (χ0n) is 10.1. The highest BCUT2D eigenvalue weighted by Gasteiger charge is 2.17. The topological polar surface area (TPSA) is 35.6 Å². The van der Waals surface area contributed by atoms with E-state index in [1.165, 1.54) is 0 Å². The van der Waals surface area contributed by atoms with Crippen LogP contribution in [0.25, 0.3) is 0 Å². The van der Waals surface area contributed by atoms with Crippen LogP contribution in [0.3, 0.4) is 0 Å². The van der Waals surface area contributed by atoms with Gasteiger partial charge in [-0.25, -0.2) is 4.79 Å². The molecule has 88 valence electrons. The number of hydrogen-bond acceptors (Lipinski definition) is 2. The zero-order valence-corrected chi connectivity index (χ0v) is 10.1. The van der Waals surface area contributed by atoms with Gasteiger partial charge in [-0.15, -0.1) is 0 Å². The van der Waals surface area contributed by atoms with Gasteiger partial charge in [-0.1, -0.05) is 6.92 Å². The second-order valence-electron chi connectivity index (χ2n) is 4.31. The molecule has 0 radical (unpaired) electrons. The molecule has 0 aromatic carbocycles. The maximum absolute atomic E-state index is 11.4. The Labute approximate surface area is 92.6 Å². The van der Waals surface area contributed by atoms with Gasteiger partial charge in [-0.3, -0.25) is 0 Å². The van der Waals surface area contributed by atoms with Crippen LogP contribution in [0.2, 0.25) is 0 Å². The molecule has 1 fully saturated rings. The maximum Gasteiger partial charge on any atom is 0.317 e. The highest BCUT2D eigenvalue weighted by molar-refractivity contribution is 5.74. The summed E-state index contributed by atoms with van der Waals surface area (Å²) in [5, 5.41) is 2.87. The summed E-state index contributed by atoms with van der Waals surface area (Å²) < 4.78 is 0. The summed E-state index contributed by atoms with van der Waals surface area (Å²) >= 11 is 0. The summed E-state index contributed by atoms with van der Waals surface area (Å²) in [4.78, 5) is 15.7. The third-order valence-electron chi connectivity index (χ3n) is 3.23. The van der Waals surface area contributed by atoms with E-state index >= 15 is 0 Å². The van der Waals surface area contributed by atoms with Crippen molar-refractivity contribution in [1.29, 1.82) is 0 Å². The number of nitrogens with one attached hydrogen (secondary N) is 1. The molecule has 4 nitrogen and oxygen atoms in total. The van der Waals surface area contributed by atoms with Crippen molar-refractivity contribution < 1.29 is 4.79 Å². The molecular formula is C11H23N3O. The minimum absolute atomic E-state index is 0.0961. The van der Waals surface area contributed by atoms with Crippen molar-refractivity contribution in [2.24, 2.45) is 0 Å². The summed E-state index contributed by atoms with van der Waals surface area (Å²) in [6, 6.07) is 0.691. The Morgan fingerprint density at radius 2 is 2.33 bits per heavy atom. The molecule has 1 unspecified atom stereocenters. The molecule has 4 heteroatoms. The van der Waals surface area contributed by atoms with Crippen molar-refractivity contribution in [3.05, 3.63) is 0 Å². The second kappa shape index (κ2) is 5.95.